The second kappa shape index (κ2) is 4.52. The van der Waals surface area contributed by atoms with Gasteiger partial charge < -0.3 is 0 Å². The van der Waals surface area contributed by atoms with Gasteiger partial charge in [-0.15, -0.1) is 0 Å². The first kappa shape index (κ1) is 11.6. The van der Waals surface area contributed by atoms with Gasteiger partial charge in [-0.25, -0.2) is 4.84 Å². The second-order valence-corrected chi connectivity index (χ2v) is 4.45. The Labute approximate surface area is 99.9 Å². The lowest BCUT2D eigenvalue weighted by Crippen LogP contribution is -2.00. The summed E-state index contributed by atoms with van der Waals surface area (Å²) in [5, 5.41) is 6.96. The first-order valence-corrected chi connectivity index (χ1v) is 5.64. The number of nitrogens with zero attached hydrogens (tertiary/aromatic N) is 1. The van der Waals surface area contributed by atoms with E-state index < -0.39 is 0 Å². The number of benzene rings is 1. The predicted octanol–water partition coefficient (Wildman–Crippen LogP) is 3.10. The molecule has 1 fully saturated rings. The average molecular weight is 231 g/mol. The van der Waals surface area contributed by atoms with E-state index in [-0.39, 0.29) is 11.8 Å². The Hall–Kier alpha value is -1.93. The van der Waals surface area contributed by atoms with E-state index in [1.54, 1.807) is 0 Å². The number of nitrogens with one attached hydrogen (secondary N) is 1. The standard InChI is InChI=1S/C13H15N2O2/c1-9(2)10-3-5-11(6-4-10)13-7-12(8-14)15(16)17-13/h3-6,9,13-14H,7H2,1-2H3/q+1. The number of hydrogen-bond donors (Lipinski definition) is 1. The highest BCUT2D eigenvalue weighted by atomic mass is 16.8. The Bertz CT molecular complexity index is 485. The van der Waals surface area contributed by atoms with Gasteiger partial charge in [-0.1, -0.05) is 38.1 Å². The predicted molar refractivity (Wildman–Crippen MR) is 63.8 cm³/mol. The third-order valence-electron chi connectivity index (χ3n) is 2.94. The zero-order valence-corrected chi connectivity index (χ0v) is 9.93. The molecule has 0 saturated carbocycles. The quantitative estimate of drug-likeness (QED) is 0.795. The molecule has 1 saturated heterocycles. The van der Waals surface area contributed by atoms with Crippen molar-refractivity contribution in [1.29, 1.82) is 5.41 Å². The molecule has 2 rings (SSSR count). The van der Waals surface area contributed by atoms with Crippen LogP contribution in [0.15, 0.2) is 30.0 Å². The molecule has 0 amide bonds. The molecule has 0 radical (unpaired) electrons. The fourth-order valence-electron chi connectivity index (χ4n) is 1.84. The molecule has 1 aliphatic heterocycles. The summed E-state index contributed by atoms with van der Waals surface area (Å²) >= 11 is 0. The van der Waals surface area contributed by atoms with Crippen LogP contribution in [0, 0.1) is 10.3 Å². The van der Waals surface area contributed by atoms with Crippen LogP contribution in [-0.4, -0.2) is 10.8 Å². The molecule has 1 heterocycles. The SMILES string of the molecule is CC(C)c1ccc(C2CC(=C=N)[N+](=O)O2)cc1. The first-order valence-electron chi connectivity index (χ1n) is 5.64. The van der Waals surface area contributed by atoms with Crippen molar-refractivity contribution < 1.29 is 9.76 Å². The van der Waals surface area contributed by atoms with Gasteiger partial charge in [0.15, 0.2) is 0 Å². The Morgan fingerprint density at radius 1 is 1.41 bits per heavy atom. The van der Waals surface area contributed by atoms with Crippen molar-refractivity contribution in [3.05, 3.63) is 46.0 Å². The molecule has 0 spiro atoms. The summed E-state index contributed by atoms with van der Waals surface area (Å²) in [6.07, 6.45) is 0.121. The van der Waals surface area contributed by atoms with Crippen molar-refractivity contribution in [3.8, 4) is 0 Å². The van der Waals surface area contributed by atoms with Crippen LogP contribution in [0.25, 0.3) is 0 Å². The minimum Gasteiger partial charge on any atom is -0.253 e. The Morgan fingerprint density at radius 3 is 2.53 bits per heavy atom. The Balaban J connectivity index is 2.19. The van der Waals surface area contributed by atoms with Crippen LogP contribution >= 0.6 is 0 Å². The lowest BCUT2D eigenvalue weighted by molar-refractivity contribution is -0.758. The van der Waals surface area contributed by atoms with Crippen LogP contribution in [0.3, 0.4) is 0 Å². The van der Waals surface area contributed by atoms with Gasteiger partial charge in [0.05, 0.1) is 10.8 Å². The van der Waals surface area contributed by atoms with Crippen molar-refractivity contribution in [2.24, 2.45) is 0 Å². The van der Waals surface area contributed by atoms with Gasteiger partial charge >= 0.3 is 5.70 Å². The summed E-state index contributed by atoms with van der Waals surface area (Å²) < 4.78 is 0. The topological polar surface area (TPSA) is 53.2 Å². The van der Waals surface area contributed by atoms with Crippen molar-refractivity contribution in [2.45, 2.75) is 32.3 Å². The summed E-state index contributed by atoms with van der Waals surface area (Å²) in [4.78, 5) is 16.7. The van der Waals surface area contributed by atoms with Crippen LogP contribution in [-0.2, 0) is 4.84 Å². The summed E-state index contributed by atoms with van der Waals surface area (Å²) in [5.74, 6) is 2.59. The highest BCUT2D eigenvalue weighted by Crippen LogP contribution is 2.32. The molecule has 1 N–H and O–H groups in total. The minimum atomic E-state index is -0.290. The monoisotopic (exact) mass is 231 g/mol. The molecular weight excluding hydrogens is 216 g/mol. The summed E-state index contributed by atoms with van der Waals surface area (Å²) in [5.41, 5.74) is 2.46. The zero-order valence-electron chi connectivity index (χ0n) is 9.93. The molecule has 1 aliphatic rings. The molecule has 0 bridgehead atoms. The third kappa shape index (κ3) is 2.27. The number of rotatable bonds is 2. The zero-order chi connectivity index (χ0) is 12.4. The highest BCUT2D eigenvalue weighted by Gasteiger charge is 2.39. The van der Waals surface area contributed by atoms with Gasteiger partial charge in [0.25, 0.3) is 4.92 Å². The first-order chi connectivity index (χ1) is 8.11. The third-order valence-corrected chi connectivity index (χ3v) is 2.94. The summed E-state index contributed by atoms with van der Waals surface area (Å²) in [7, 11) is 0. The van der Waals surface area contributed by atoms with Crippen molar-refractivity contribution in [2.75, 3.05) is 0 Å². The van der Waals surface area contributed by atoms with Crippen molar-refractivity contribution in [3.63, 3.8) is 0 Å². The van der Waals surface area contributed by atoms with Crippen LogP contribution in [0.4, 0.5) is 0 Å². The molecule has 1 unspecified atom stereocenters. The number of hydrogen-bond acceptors (Lipinski definition) is 3. The van der Waals surface area contributed by atoms with Crippen LogP contribution in [0.1, 0.15) is 43.4 Å². The molecule has 1 aromatic rings. The molecule has 0 aromatic heterocycles. The van der Waals surface area contributed by atoms with Gasteiger partial charge in [0.1, 0.15) is 6.42 Å². The lowest BCUT2D eigenvalue weighted by Gasteiger charge is -2.07. The van der Waals surface area contributed by atoms with E-state index >= 15 is 0 Å². The van der Waals surface area contributed by atoms with Crippen LogP contribution in [0.5, 0.6) is 0 Å². The normalized spacial score (nSPS) is 19.4. The van der Waals surface area contributed by atoms with Gasteiger partial charge in [0.2, 0.25) is 6.10 Å². The van der Waals surface area contributed by atoms with Gasteiger partial charge in [-0.05, 0) is 11.5 Å². The second-order valence-electron chi connectivity index (χ2n) is 4.45. The highest BCUT2D eigenvalue weighted by molar-refractivity contribution is 5.51. The fourth-order valence-corrected chi connectivity index (χ4v) is 1.84. The van der Waals surface area contributed by atoms with E-state index in [4.69, 9.17) is 10.2 Å². The smallest absolute Gasteiger partial charge is 0.253 e. The maximum absolute atomic E-state index is 11.2. The molecule has 1 atom stereocenters. The summed E-state index contributed by atoms with van der Waals surface area (Å²) in [6.45, 7) is 4.27. The van der Waals surface area contributed by atoms with E-state index in [0.717, 1.165) is 5.56 Å². The molecule has 88 valence electrons. The maximum atomic E-state index is 11.2. The van der Waals surface area contributed by atoms with E-state index in [0.29, 0.717) is 17.3 Å². The van der Waals surface area contributed by atoms with Crippen LogP contribution < -0.4 is 0 Å². The average Bonchev–Trinajstić information content (AvgIpc) is 2.70. The fraction of sp³-hybridized carbons (Fsp3) is 0.385. The molecule has 4 heteroatoms. The van der Waals surface area contributed by atoms with Gasteiger partial charge in [0, 0.05) is 5.56 Å². The van der Waals surface area contributed by atoms with E-state index in [2.05, 4.69) is 19.7 Å². The minimum absolute atomic E-state index is 0.239. The van der Waals surface area contributed by atoms with E-state index in [1.165, 1.54) is 5.56 Å². The Morgan fingerprint density at radius 2 is 2.06 bits per heavy atom. The molecular formula is C13H15N2O2+. The van der Waals surface area contributed by atoms with Crippen LogP contribution in [0.2, 0.25) is 0 Å². The largest absolute Gasteiger partial charge is 0.357 e. The van der Waals surface area contributed by atoms with Gasteiger partial charge in [-0.2, -0.15) is 0 Å². The molecule has 1 aromatic carbocycles. The molecule has 4 nitrogen and oxygen atoms in total. The Kier molecular flexibility index (Phi) is 3.07. The van der Waals surface area contributed by atoms with Crippen molar-refractivity contribution >= 4 is 5.87 Å². The van der Waals surface area contributed by atoms with Gasteiger partial charge in [-0.3, -0.25) is 5.41 Å². The van der Waals surface area contributed by atoms with Crippen molar-refractivity contribution in [1.82, 2.24) is 0 Å². The molecule has 17 heavy (non-hydrogen) atoms. The maximum Gasteiger partial charge on any atom is 0.357 e. The molecule has 0 aliphatic carbocycles. The lowest BCUT2D eigenvalue weighted by atomic mass is 9.99. The van der Waals surface area contributed by atoms with E-state index in [9.17, 15) is 4.91 Å². The van der Waals surface area contributed by atoms with E-state index in [1.807, 2.05) is 24.3 Å². The summed E-state index contributed by atoms with van der Waals surface area (Å²) in [6, 6.07) is 8.04.